The number of carbonyl (C=O) groups is 2. The Bertz CT molecular complexity index is 1200. The van der Waals surface area contributed by atoms with Crippen LogP contribution < -0.4 is 4.74 Å². The Morgan fingerprint density at radius 1 is 1.38 bits per heavy atom. The van der Waals surface area contributed by atoms with Crippen LogP contribution in [-0.2, 0) is 4.79 Å². The predicted octanol–water partition coefficient (Wildman–Crippen LogP) is 4.29. The zero-order chi connectivity index (χ0) is 21.1. The Morgan fingerprint density at radius 2 is 2.14 bits per heavy atom. The van der Waals surface area contributed by atoms with Gasteiger partial charge in [0.1, 0.15) is 12.2 Å². The van der Waals surface area contributed by atoms with Gasteiger partial charge in [-0.1, -0.05) is 15.9 Å². The van der Waals surface area contributed by atoms with E-state index in [1.54, 1.807) is 36.7 Å². The average molecular weight is 454 g/mol. The van der Waals surface area contributed by atoms with E-state index in [4.69, 9.17) is 9.84 Å². The third-order valence-corrected chi connectivity index (χ3v) is 5.33. The third-order valence-electron chi connectivity index (χ3n) is 4.48. The summed E-state index contributed by atoms with van der Waals surface area (Å²) < 4.78 is 7.41. The fraction of sp³-hybridized carbons (Fsp3) is 0.143. The molecule has 3 aromatic rings. The molecule has 0 aliphatic heterocycles. The van der Waals surface area contributed by atoms with E-state index in [1.165, 1.54) is 17.9 Å². The first-order valence-corrected chi connectivity index (χ1v) is 9.32. The molecule has 0 spiro atoms. The topological polar surface area (TPSA) is 105 Å². The summed E-state index contributed by atoms with van der Waals surface area (Å²) in [6.07, 6.45) is 5.65. The van der Waals surface area contributed by atoms with Crippen LogP contribution in [-0.4, -0.2) is 33.6 Å². The van der Waals surface area contributed by atoms with Gasteiger partial charge in [0.05, 0.1) is 24.3 Å². The van der Waals surface area contributed by atoms with Crippen molar-refractivity contribution in [2.24, 2.45) is 0 Å². The lowest BCUT2D eigenvalue weighted by Crippen LogP contribution is -2.14. The molecule has 0 saturated heterocycles. The van der Waals surface area contributed by atoms with Crippen LogP contribution in [0.5, 0.6) is 5.75 Å². The average Bonchev–Trinajstić information content (AvgIpc) is 3.09. The lowest BCUT2D eigenvalue weighted by atomic mass is 10.0. The van der Waals surface area contributed by atoms with E-state index in [0.29, 0.717) is 33.4 Å². The van der Waals surface area contributed by atoms with Crippen molar-refractivity contribution in [1.82, 2.24) is 9.55 Å². The number of pyridine rings is 1. The number of benzene rings is 1. The molecule has 146 valence electrons. The Labute approximate surface area is 175 Å². The molecule has 7 nitrogen and oxygen atoms in total. The number of aryl methyl sites for hydroxylation is 1. The summed E-state index contributed by atoms with van der Waals surface area (Å²) in [4.78, 5) is 27.6. The summed E-state index contributed by atoms with van der Waals surface area (Å²) in [5.74, 6) is -1.26. The van der Waals surface area contributed by atoms with Crippen molar-refractivity contribution in [1.29, 1.82) is 5.26 Å². The highest BCUT2D eigenvalue weighted by atomic mass is 79.9. The number of nitrogens with zero attached hydrogens (tertiary/aromatic N) is 3. The lowest BCUT2D eigenvalue weighted by molar-refractivity contribution is -0.136. The van der Waals surface area contributed by atoms with E-state index in [2.05, 4.69) is 27.0 Å². The molecule has 0 aliphatic rings. The van der Waals surface area contributed by atoms with Crippen LogP contribution in [0.25, 0.3) is 22.6 Å². The first-order chi connectivity index (χ1) is 13.9. The molecule has 2 aromatic heterocycles. The molecule has 1 aromatic carbocycles. The van der Waals surface area contributed by atoms with Gasteiger partial charge in [0.25, 0.3) is 0 Å². The maximum atomic E-state index is 12.5. The van der Waals surface area contributed by atoms with Crippen molar-refractivity contribution in [3.05, 3.63) is 58.0 Å². The number of rotatable bonds is 5. The summed E-state index contributed by atoms with van der Waals surface area (Å²) in [5.41, 5.74) is 2.79. The predicted molar refractivity (Wildman–Crippen MR) is 112 cm³/mol. The first kappa shape index (κ1) is 20.3. The third kappa shape index (κ3) is 3.91. The molecule has 0 bridgehead atoms. The van der Waals surface area contributed by atoms with Crippen molar-refractivity contribution >= 4 is 50.4 Å². The number of hydrogen-bond donors (Lipinski definition) is 1. The number of carboxylic acid groups (broad SMARTS) is 1. The van der Waals surface area contributed by atoms with Crippen LogP contribution in [0, 0.1) is 18.3 Å². The molecule has 1 N–H and O–H groups in total. The van der Waals surface area contributed by atoms with E-state index in [1.807, 2.05) is 6.92 Å². The van der Waals surface area contributed by atoms with Crippen LogP contribution >= 0.6 is 15.9 Å². The van der Waals surface area contributed by atoms with E-state index in [9.17, 15) is 14.9 Å². The maximum absolute atomic E-state index is 12.5. The molecule has 0 saturated carbocycles. The Hall–Kier alpha value is -3.44. The molecule has 0 aliphatic carbocycles. The number of fused-ring (bicyclic) bond motifs is 1. The Kier molecular flexibility index (Phi) is 5.80. The van der Waals surface area contributed by atoms with Gasteiger partial charge in [-0.05, 0) is 36.8 Å². The van der Waals surface area contributed by atoms with Gasteiger partial charge in [-0.2, -0.15) is 5.26 Å². The van der Waals surface area contributed by atoms with E-state index < -0.39 is 18.3 Å². The molecule has 29 heavy (non-hydrogen) atoms. The molecule has 0 radical (unpaired) electrons. The zero-order valence-electron chi connectivity index (χ0n) is 15.6. The second-order valence-corrected chi connectivity index (χ2v) is 7.09. The molecule has 3 rings (SSSR count). The highest BCUT2D eigenvalue weighted by molar-refractivity contribution is 9.10. The summed E-state index contributed by atoms with van der Waals surface area (Å²) in [6, 6.07) is 7.36. The highest BCUT2D eigenvalue weighted by Crippen LogP contribution is 2.35. The van der Waals surface area contributed by atoms with Gasteiger partial charge in [0.2, 0.25) is 5.91 Å². The lowest BCUT2D eigenvalue weighted by Gasteiger charge is -2.06. The zero-order valence-corrected chi connectivity index (χ0v) is 17.2. The standard InChI is InChI=1S/C21H16BrN3O4/c1-12-16(22)3-4-17-21(12)15(11-25(17)19(26)8-20(27)28)13(9-23)7-14-10-24-6-5-18(14)29-2/h3-7,10-11H,8H2,1-2H3,(H,27,28). The molecule has 2 heterocycles. The number of methoxy groups -OCH3 is 1. The van der Waals surface area contributed by atoms with Crippen LogP contribution in [0.2, 0.25) is 0 Å². The minimum absolute atomic E-state index is 0.296. The summed E-state index contributed by atoms with van der Waals surface area (Å²) in [7, 11) is 1.52. The minimum atomic E-state index is -1.22. The number of aromatic nitrogens is 2. The van der Waals surface area contributed by atoms with Crippen LogP contribution in [0.1, 0.15) is 27.9 Å². The van der Waals surface area contributed by atoms with Gasteiger partial charge in [-0.3, -0.25) is 19.1 Å². The number of nitriles is 1. The molecular formula is C21H16BrN3O4. The maximum Gasteiger partial charge on any atom is 0.312 e. The van der Waals surface area contributed by atoms with E-state index >= 15 is 0 Å². The highest BCUT2D eigenvalue weighted by Gasteiger charge is 2.20. The summed E-state index contributed by atoms with van der Waals surface area (Å²) in [5, 5.41) is 19.5. The van der Waals surface area contributed by atoms with Crippen molar-refractivity contribution in [2.75, 3.05) is 7.11 Å². The van der Waals surface area contributed by atoms with Crippen LogP contribution in [0.3, 0.4) is 0 Å². The number of aliphatic carboxylic acids is 1. The second kappa shape index (κ2) is 8.29. The van der Waals surface area contributed by atoms with Gasteiger partial charge in [-0.15, -0.1) is 0 Å². The van der Waals surface area contributed by atoms with Crippen LogP contribution in [0.15, 0.2) is 41.3 Å². The van der Waals surface area contributed by atoms with E-state index in [-0.39, 0.29) is 0 Å². The largest absolute Gasteiger partial charge is 0.496 e. The SMILES string of the molecule is COc1ccncc1C=C(C#N)c1cn(C(=O)CC(=O)O)c2ccc(Br)c(C)c12. The van der Waals surface area contributed by atoms with Gasteiger partial charge >= 0.3 is 5.97 Å². The Morgan fingerprint density at radius 3 is 2.79 bits per heavy atom. The van der Waals surface area contributed by atoms with Gasteiger partial charge < -0.3 is 9.84 Å². The molecule has 0 amide bonds. The fourth-order valence-electron chi connectivity index (χ4n) is 3.11. The number of carboxylic acids is 1. The number of hydrogen-bond acceptors (Lipinski definition) is 5. The Balaban J connectivity index is 2.29. The van der Waals surface area contributed by atoms with E-state index in [0.717, 1.165) is 10.0 Å². The molecule has 0 fully saturated rings. The van der Waals surface area contributed by atoms with Crippen LogP contribution in [0.4, 0.5) is 0 Å². The molecule has 8 heteroatoms. The number of carbonyl (C=O) groups excluding carboxylic acids is 1. The number of ether oxygens (including phenoxy) is 1. The molecule has 0 unspecified atom stereocenters. The monoisotopic (exact) mass is 453 g/mol. The minimum Gasteiger partial charge on any atom is -0.496 e. The summed E-state index contributed by atoms with van der Waals surface area (Å²) >= 11 is 3.48. The van der Waals surface area contributed by atoms with Crippen molar-refractivity contribution < 1.29 is 19.4 Å². The normalized spacial score (nSPS) is 11.3. The van der Waals surface area contributed by atoms with Gasteiger partial charge in [0.15, 0.2) is 0 Å². The smallest absolute Gasteiger partial charge is 0.312 e. The quantitative estimate of drug-likeness (QED) is 0.456. The molecular weight excluding hydrogens is 438 g/mol. The summed E-state index contributed by atoms with van der Waals surface area (Å²) in [6.45, 7) is 1.86. The number of allylic oxidation sites excluding steroid dienone is 1. The fourth-order valence-corrected chi connectivity index (χ4v) is 3.45. The van der Waals surface area contributed by atoms with Gasteiger partial charge in [-0.25, -0.2) is 0 Å². The number of halogens is 1. The van der Waals surface area contributed by atoms with Crippen molar-refractivity contribution in [3.8, 4) is 11.8 Å². The van der Waals surface area contributed by atoms with Crippen molar-refractivity contribution in [3.63, 3.8) is 0 Å². The first-order valence-electron chi connectivity index (χ1n) is 8.52. The van der Waals surface area contributed by atoms with Gasteiger partial charge in [0, 0.05) is 39.6 Å². The van der Waals surface area contributed by atoms with Crippen molar-refractivity contribution in [2.45, 2.75) is 13.3 Å². The second-order valence-electron chi connectivity index (χ2n) is 6.23. The molecule has 0 atom stereocenters.